The van der Waals surface area contributed by atoms with Crippen molar-refractivity contribution in [2.75, 3.05) is 4.90 Å². The topological polar surface area (TPSA) is 88.1 Å². The molecule has 2 heterocycles. The van der Waals surface area contributed by atoms with Gasteiger partial charge in [-0.25, -0.2) is 9.69 Å². The fourth-order valence-corrected chi connectivity index (χ4v) is 3.33. The molecule has 0 aromatic heterocycles. The molecule has 0 bridgehead atoms. The largest absolute Gasteiger partial charge is 0.456 e. The van der Waals surface area contributed by atoms with Crippen LogP contribution in [0.1, 0.15) is 11.1 Å². The number of rotatable bonds is 4. The zero-order valence-corrected chi connectivity index (χ0v) is 15.2. The van der Waals surface area contributed by atoms with E-state index >= 15 is 0 Å². The third kappa shape index (κ3) is 3.40. The summed E-state index contributed by atoms with van der Waals surface area (Å²) >= 11 is 0. The fourth-order valence-electron chi connectivity index (χ4n) is 3.33. The maximum absolute atomic E-state index is 13.0. The quantitative estimate of drug-likeness (QED) is 0.609. The molecule has 0 unspecified atom stereocenters. The number of esters is 1. The predicted molar refractivity (Wildman–Crippen MR) is 98.0 cm³/mol. The number of carbonyl (C=O) groups is 3. The molecule has 10 heteroatoms. The molecule has 4 rings (SSSR count). The average molecular weight is 417 g/mol. The summed E-state index contributed by atoms with van der Waals surface area (Å²) in [6.07, 6.45) is -4.64. The molecule has 30 heavy (non-hydrogen) atoms. The van der Waals surface area contributed by atoms with Crippen molar-refractivity contribution < 1.29 is 32.3 Å². The van der Waals surface area contributed by atoms with E-state index in [1.54, 1.807) is 30.3 Å². The van der Waals surface area contributed by atoms with Gasteiger partial charge in [0.15, 0.2) is 5.71 Å². The van der Waals surface area contributed by atoms with Crippen LogP contribution in [0.25, 0.3) is 0 Å². The summed E-state index contributed by atoms with van der Waals surface area (Å²) in [5.41, 5.74) is 1.63. The molecular weight excluding hydrogens is 403 g/mol. The van der Waals surface area contributed by atoms with Crippen molar-refractivity contribution in [2.24, 2.45) is 11.0 Å². The van der Waals surface area contributed by atoms with Gasteiger partial charge in [-0.3, -0.25) is 15.0 Å². The van der Waals surface area contributed by atoms with Gasteiger partial charge in [-0.2, -0.15) is 18.3 Å². The second-order valence-electron chi connectivity index (χ2n) is 6.70. The summed E-state index contributed by atoms with van der Waals surface area (Å²) in [4.78, 5) is 38.5. The van der Waals surface area contributed by atoms with Crippen LogP contribution in [-0.4, -0.2) is 29.5 Å². The molecule has 0 saturated carbocycles. The van der Waals surface area contributed by atoms with Gasteiger partial charge in [0.2, 0.25) is 5.91 Å². The first-order chi connectivity index (χ1) is 14.3. The standard InChI is InChI=1S/C20H14F3N3O4/c21-20(22,23)12-7-4-8-13(9-12)26-17(27)14-15(18(26)28)24-25-16(14)19(29)30-10-11-5-2-1-3-6-11/h1-9,14-15,24H,10H2/t14-,15+/m0/s1. The van der Waals surface area contributed by atoms with Crippen LogP contribution in [0.3, 0.4) is 0 Å². The summed E-state index contributed by atoms with van der Waals surface area (Å²) in [6, 6.07) is 11.5. The van der Waals surface area contributed by atoms with Crippen LogP contribution in [0.5, 0.6) is 0 Å². The third-order valence-electron chi connectivity index (χ3n) is 4.78. The van der Waals surface area contributed by atoms with E-state index in [9.17, 15) is 27.6 Å². The third-order valence-corrected chi connectivity index (χ3v) is 4.78. The number of fused-ring (bicyclic) bond motifs is 1. The summed E-state index contributed by atoms with van der Waals surface area (Å²) in [5, 5.41) is 3.76. The van der Waals surface area contributed by atoms with Gasteiger partial charge in [0.1, 0.15) is 18.6 Å². The molecular formula is C20H14F3N3O4. The van der Waals surface area contributed by atoms with Crippen molar-refractivity contribution in [3.63, 3.8) is 0 Å². The lowest BCUT2D eigenvalue weighted by Crippen LogP contribution is -2.36. The van der Waals surface area contributed by atoms with Gasteiger partial charge in [-0.05, 0) is 23.8 Å². The van der Waals surface area contributed by atoms with Crippen molar-refractivity contribution in [1.82, 2.24) is 5.43 Å². The Morgan fingerprint density at radius 1 is 1.07 bits per heavy atom. The van der Waals surface area contributed by atoms with E-state index in [4.69, 9.17) is 4.74 Å². The first kappa shape index (κ1) is 19.6. The molecule has 2 aliphatic rings. The monoisotopic (exact) mass is 417 g/mol. The van der Waals surface area contributed by atoms with Crippen LogP contribution in [-0.2, 0) is 31.9 Å². The van der Waals surface area contributed by atoms with Gasteiger partial charge in [0.25, 0.3) is 5.91 Å². The molecule has 2 amide bonds. The van der Waals surface area contributed by atoms with Crippen LogP contribution >= 0.6 is 0 Å². The Morgan fingerprint density at radius 2 is 1.80 bits per heavy atom. The lowest BCUT2D eigenvalue weighted by Gasteiger charge is -2.17. The van der Waals surface area contributed by atoms with E-state index in [0.717, 1.165) is 12.1 Å². The molecule has 2 aromatic rings. The smallest absolute Gasteiger partial charge is 0.416 e. The van der Waals surface area contributed by atoms with E-state index in [2.05, 4.69) is 10.5 Å². The van der Waals surface area contributed by atoms with Crippen molar-refractivity contribution in [3.8, 4) is 0 Å². The van der Waals surface area contributed by atoms with E-state index < -0.39 is 41.5 Å². The zero-order chi connectivity index (χ0) is 21.5. The van der Waals surface area contributed by atoms with E-state index in [0.29, 0.717) is 16.5 Å². The number of amides is 2. The highest BCUT2D eigenvalue weighted by molar-refractivity contribution is 6.46. The molecule has 0 aliphatic carbocycles. The number of alkyl halides is 3. The van der Waals surface area contributed by atoms with Gasteiger partial charge >= 0.3 is 12.1 Å². The molecule has 2 aliphatic heterocycles. The summed E-state index contributed by atoms with van der Waals surface area (Å²) in [6.45, 7) is -0.0600. The normalized spacial score (nSPS) is 20.6. The highest BCUT2D eigenvalue weighted by atomic mass is 19.4. The van der Waals surface area contributed by atoms with Crippen molar-refractivity contribution >= 4 is 29.2 Å². The van der Waals surface area contributed by atoms with Gasteiger partial charge < -0.3 is 4.74 Å². The Morgan fingerprint density at radius 3 is 2.50 bits per heavy atom. The number of anilines is 1. The maximum Gasteiger partial charge on any atom is 0.416 e. The number of hydrogen-bond donors (Lipinski definition) is 1. The van der Waals surface area contributed by atoms with Crippen LogP contribution < -0.4 is 10.3 Å². The number of nitrogens with zero attached hydrogens (tertiary/aromatic N) is 2. The minimum atomic E-state index is -4.64. The number of imide groups is 1. The molecule has 0 spiro atoms. The minimum Gasteiger partial charge on any atom is -0.456 e. The van der Waals surface area contributed by atoms with Crippen LogP contribution in [0.2, 0.25) is 0 Å². The zero-order valence-electron chi connectivity index (χ0n) is 15.2. The van der Waals surface area contributed by atoms with E-state index in [-0.39, 0.29) is 18.0 Å². The SMILES string of the molecule is O=C(OCc1ccccc1)C1=NN[C@H]2C(=O)N(c3cccc(C(F)(F)F)c3)C(=O)[C@H]12. The lowest BCUT2D eigenvalue weighted by molar-refractivity contribution is -0.138. The van der Waals surface area contributed by atoms with Crippen LogP contribution in [0, 0.1) is 5.92 Å². The van der Waals surface area contributed by atoms with Gasteiger partial charge in [0.05, 0.1) is 11.3 Å². The molecule has 1 fully saturated rings. The van der Waals surface area contributed by atoms with Crippen molar-refractivity contribution in [3.05, 3.63) is 65.7 Å². The summed E-state index contributed by atoms with van der Waals surface area (Å²) in [7, 11) is 0. The Balaban J connectivity index is 1.54. The second-order valence-corrected chi connectivity index (χ2v) is 6.70. The lowest BCUT2D eigenvalue weighted by atomic mass is 9.99. The molecule has 0 radical (unpaired) electrons. The molecule has 1 saturated heterocycles. The molecule has 154 valence electrons. The van der Waals surface area contributed by atoms with Gasteiger partial charge in [-0.15, -0.1) is 0 Å². The average Bonchev–Trinajstić information content (AvgIpc) is 3.27. The number of hydrogen-bond acceptors (Lipinski definition) is 6. The number of ether oxygens (including phenoxy) is 1. The summed E-state index contributed by atoms with van der Waals surface area (Å²) < 4.78 is 44.1. The Hall–Kier alpha value is -3.69. The van der Waals surface area contributed by atoms with Crippen LogP contribution in [0.4, 0.5) is 18.9 Å². The Bertz CT molecular complexity index is 1050. The number of hydrazone groups is 1. The molecule has 2 aromatic carbocycles. The molecule has 7 nitrogen and oxygen atoms in total. The van der Waals surface area contributed by atoms with Crippen molar-refractivity contribution in [1.29, 1.82) is 0 Å². The van der Waals surface area contributed by atoms with Gasteiger partial charge in [0, 0.05) is 0 Å². The number of halogens is 3. The van der Waals surface area contributed by atoms with E-state index in [1.165, 1.54) is 6.07 Å². The minimum absolute atomic E-state index is 0.0600. The number of benzene rings is 2. The fraction of sp³-hybridized carbons (Fsp3) is 0.200. The number of carbonyl (C=O) groups excluding carboxylic acids is 3. The second kappa shape index (κ2) is 7.29. The van der Waals surface area contributed by atoms with Gasteiger partial charge in [-0.1, -0.05) is 36.4 Å². The predicted octanol–water partition coefficient (Wildman–Crippen LogP) is 2.27. The number of nitrogens with one attached hydrogen (secondary N) is 1. The first-order valence-electron chi connectivity index (χ1n) is 8.86. The molecule has 1 N–H and O–H groups in total. The maximum atomic E-state index is 13.0. The summed E-state index contributed by atoms with van der Waals surface area (Å²) in [5.74, 6) is -3.79. The van der Waals surface area contributed by atoms with Crippen molar-refractivity contribution in [2.45, 2.75) is 18.8 Å². The molecule has 2 atom stereocenters. The highest BCUT2D eigenvalue weighted by Gasteiger charge is 2.56. The first-order valence-corrected chi connectivity index (χ1v) is 8.86. The van der Waals surface area contributed by atoms with E-state index in [1.807, 2.05) is 0 Å². The Labute approximate surface area is 168 Å². The Kier molecular flexibility index (Phi) is 4.76. The van der Waals surface area contributed by atoms with Crippen LogP contribution in [0.15, 0.2) is 59.7 Å². The highest BCUT2D eigenvalue weighted by Crippen LogP contribution is 2.35.